The first-order valence-corrected chi connectivity index (χ1v) is 5.66. The van der Waals surface area contributed by atoms with Crippen LogP contribution in [0.2, 0.25) is 0 Å². The molecule has 1 aromatic carbocycles. The average molecular weight is 182 g/mol. The summed E-state index contributed by atoms with van der Waals surface area (Å²) in [6, 6.07) is 6.46. The summed E-state index contributed by atoms with van der Waals surface area (Å²) >= 11 is 0. The molecule has 12 heavy (non-hydrogen) atoms. The zero-order valence-electron chi connectivity index (χ0n) is 7.85. The highest BCUT2D eigenvalue weighted by molar-refractivity contribution is 7.46. The third kappa shape index (κ3) is 2.22. The van der Waals surface area contributed by atoms with Crippen LogP contribution in [0.5, 0.6) is 5.75 Å². The Morgan fingerprint density at radius 3 is 2.58 bits per heavy atom. The van der Waals surface area contributed by atoms with Crippen molar-refractivity contribution in [3.05, 3.63) is 23.8 Å². The highest BCUT2D eigenvalue weighted by Gasteiger charge is 1.97. The fraction of sp³-hybridized carbons (Fsp3) is 0.400. The normalized spacial score (nSPS) is 10.9. The van der Waals surface area contributed by atoms with E-state index in [4.69, 9.17) is 4.74 Å². The van der Waals surface area contributed by atoms with Gasteiger partial charge in [-0.25, -0.2) is 0 Å². The summed E-state index contributed by atoms with van der Waals surface area (Å²) < 4.78 is 5.20. The van der Waals surface area contributed by atoms with E-state index in [1.807, 2.05) is 0 Å². The molecule has 0 aliphatic heterocycles. The van der Waals surface area contributed by atoms with Crippen molar-refractivity contribution in [3.8, 4) is 5.75 Å². The summed E-state index contributed by atoms with van der Waals surface area (Å²) in [4.78, 5) is 0. The summed E-state index contributed by atoms with van der Waals surface area (Å²) in [7, 11) is 2.57. The summed E-state index contributed by atoms with van der Waals surface area (Å²) in [5.74, 6) is 0.985. The summed E-state index contributed by atoms with van der Waals surface area (Å²) in [5.41, 5.74) is 1.36. The van der Waals surface area contributed by atoms with Crippen LogP contribution in [0.3, 0.4) is 0 Å². The average Bonchev–Trinajstić information content (AvgIpc) is 2.16. The number of ether oxygens (including phenoxy) is 1. The van der Waals surface area contributed by atoms with E-state index in [1.165, 1.54) is 10.9 Å². The van der Waals surface area contributed by atoms with Crippen molar-refractivity contribution in [3.63, 3.8) is 0 Å². The zero-order chi connectivity index (χ0) is 8.97. The van der Waals surface area contributed by atoms with Crippen LogP contribution in [-0.2, 0) is 6.42 Å². The van der Waals surface area contributed by atoms with Crippen molar-refractivity contribution in [1.29, 1.82) is 0 Å². The first-order chi connectivity index (χ1) is 5.80. The summed E-state index contributed by atoms with van der Waals surface area (Å²) in [6.45, 7) is 4.35. The van der Waals surface area contributed by atoms with Gasteiger partial charge in [0, 0.05) is 0 Å². The maximum atomic E-state index is 5.20. The number of aryl methyl sites for hydroxylation is 1. The highest BCUT2D eigenvalue weighted by atomic mass is 31.1. The molecule has 0 saturated heterocycles. The second kappa shape index (κ2) is 4.47. The predicted molar refractivity (Wildman–Crippen MR) is 56.2 cm³/mol. The molecule has 0 fully saturated rings. The quantitative estimate of drug-likeness (QED) is 0.651. The first-order valence-electron chi connectivity index (χ1n) is 4.16. The standard InChI is InChI=1S/C10H15OP/c1-4-8-5-9(11-2)7-10(6-8)12-3/h5-7,12H,4H2,1-3H3. The number of hydrogen-bond acceptors (Lipinski definition) is 1. The molecular weight excluding hydrogens is 167 g/mol. The second-order valence-corrected chi connectivity index (χ2v) is 3.75. The van der Waals surface area contributed by atoms with Crippen molar-refractivity contribution in [1.82, 2.24) is 0 Å². The fourth-order valence-corrected chi connectivity index (χ4v) is 1.74. The lowest BCUT2D eigenvalue weighted by Crippen LogP contribution is -1.98. The fourth-order valence-electron chi connectivity index (χ4n) is 1.13. The molecular formula is C10H15OP. The lowest BCUT2D eigenvalue weighted by molar-refractivity contribution is 0.414. The van der Waals surface area contributed by atoms with Crippen molar-refractivity contribution >= 4 is 13.9 Å². The van der Waals surface area contributed by atoms with Gasteiger partial charge >= 0.3 is 0 Å². The number of benzene rings is 1. The number of rotatable bonds is 3. The largest absolute Gasteiger partial charge is 0.497 e. The van der Waals surface area contributed by atoms with Gasteiger partial charge in [0.05, 0.1) is 7.11 Å². The van der Waals surface area contributed by atoms with Gasteiger partial charge in [0.2, 0.25) is 0 Å². The molecule has 2 heteroatoms. The molecule has 0 saturated carbocycles. The number of methoxy groups -OCH3 is 1. The Bertz CT molecular complexity index is 203. The van der Waals surface area contributed by atoms with E-state index in [-0.39, 0.29) is 0 Å². The van der Waals surface area contributed by atoms with E-state index in [0.717, 1.165) is 20.8 Å². The minimum atomic E-state index is 0.849. The Labute approximate surface area is 75.9 Å². The Kier molecular flexibility index (Phi) is 3.55. The molecule has 0 aliphatic carbocycles. The molecule has 0 spiro atoms. The summed E-state index contributed by atoms with van der Waals surface area (Å²) in [5, 5.41) is 1.38. The van der Waals surface area contributed by atoms with Gasteiger partial charge in [-0.1, -0.05) is 21.6 Å². The number of hydrogen-bond donors (Lipinski definition) is 0. The Hall–Kier alpha value is -0.550. The van der Waals surface area contributed by atoms with Crippen LogP contribution in [0.15, 0.2) is 18.2 Å². The molecule has 1 rings (SSSR count). The van der Waals surface area contributed by atoms with Crippen molar-refractivity contribution < 1.29 is 4.74 Å². The van der Waals surface area contributed by atoms with Gasteiger partial charge in [0.1, 0.15) is 5.75 Å². The van der Waals surface area contributed by atoms with Gasteiger partial charge in [-0.3, -0.25) is 0 Å². The van der Waals surface area contributed by atoms with E-state index >= 15 is 0 Å². The molecule has 0 heterocycles. The maximum absolute atomic E-state index is 5.20. The Morgan fingerprint density at radius 1 is 1.33 bits per heavy atom. The van der Waals surface area contributed by atoms with Crippen molar-refractivity contribution in [2.75, 3.05) is 13.8 Å². The minimum absolute atomic E-state index is 0.849. The van der Waals surface area contributed by atoms with E-state index in [9.17, 15) is 0 Å². The molecule has 0 radical (unpaired) electrons. The lowest BCUT2D eigenvalue weighted by Gasteiger charge is -2.05. The van der Waals surface area contributed by atoms with Crippen molar-refractivity contribution in [2.45, 2.75) is 13.3 Å². The Balaban J connectivity index is 3.01. The SMILES string of the molecule is CCc1cc(OC)cc(PC)c1. The highest BCUT2D eigenvalue weighted by Crippen LogP contribution is 2.16. The second-order valence-electron chi connectivity index (χ2n) is 2.67. The van der Waals surface area contributed by atoms with Gasteiger partial charge in [-0.2, -0.15) is 0 Å². The Morgan fingerprint density at radius 2 is 2.08 bits per heavy atom. The zero-order valence-corrected chi connectivity index (χ0v) is 8.85. The molecule has 66 valence electrons. The van der Waals surface area contributed by atoms with Crippen LogP contribution >= 0.6 is 8.58 Å². The lowest BCUT2D eigenvalue weighted by atomic mass is 10.2. The molecule has 1 aromatic rings. The minimum Gasteiger partial charge on any atom is -0.497 e. The molecule has 1 unspecified atom stereocenters. The first kappa shape index (κ1) is 9.54. The molecule has 0 bridgehead atoms. The molecule has 1 nitrogen and oxygen atoms in total. The van der Waals surface area contributed by atoms with E-state index in [1.54, 1.807) is 7.11 Å². The molecule has 0 aliphatic rings. The summed E-state index contributed by atoms with van der Waals surface area (Å²) in [6.07, 6.45) is 1.08. The van der Waals surface area contributed by atoms with Gasteiger partial charge in [0.15, 0.2) is 0 Å². The van der Waals surface area contributed by atoms with Crippen LogP contribution in [0.4, 0.5) is 0 Å². The smallest absolute Gasteiger partial charge is 0.119 e. The molecule has 0 amide bonds. The van der Waals surface area contributed by atoms with Crippen LogP contribution < -0.4 is 10.0 Å². The van der Waals surface area contributed by atoms with Gasteiger partial charge in [-0.05, 0) is 36.1 Å². The van der Waals surface area contributed by atoms with Crippen LogP contribution in [0.25, 0.3) is 0 Å². The van der Waals surface area contributed by atoms with Crippen LogP contribution in [0, 0.1) is 0 Å². The van der Waals surface area contributed by atoms with Gasteiger partial charge in [0.25, 0.3) is 0 Å². The predicted octanol–water partition coefficient (Wildman–Crippen LogP) is 2.19. The van der Waals surface area contributed by atoms with E-state index < -0.39 is 0 Å². The molecule has 0 N–H and O–H groups in total. The third-order valence-corrected chi connectivity index (χ3v) is 2.76. The van der Waals surface area contributed by atoms with Gasteiger partial charge < -0.3 is 4.74 Å². The van der Waals surface area contributed by atoms with Gasteiger partial charge in [-0.15, -0.1) is 0 Å². The third-order valence-electron chi connectivity index (χ3n) is 1.90. The maximum Gasteiger partial charge on any atom is 0.119 e. The molecule has 0 aromatic heterocycles. The van der Waals surface area contributed by atoms with Crippen molar-refractivity contribution in [2.24, 2.45) is 0 Å². The monoisotopic (exact) mass is 182 g/mol. The van der Waals surface area contributed by atoms with Crippen LogP contribution in [0.1, 0.15) is 12.5 Å². The molecule has 1 atom stereocenters. The van der Waals surface area contributed by atoms with Crippen LogP contribution in [-0.4, -0.2) is 13.8 Å². The van der Waals surface area contributed by atoms with E-state index in [0.29, 0.717) is 0 Å². The van der Waals surface area contributed by atoms with E-state index in [2.05, 4.69) is 31.8 Å². The topological polar surface area (TPSA) is 9.23 Å².